The lowest BCUT2D eigenvalue weighted by Crippen LogP contribution is -2.60. The van der Waals surface area contributed by atoms with Gasteiger partial charge in [0.2, 0.25) is 0 Å². The second-order valence-electron chi connectivity index (χ2n) is 11.7. The molecule has 4 N–H and O–H groups in total. The fourth-order valence-electron chi connectivity index (χ4n) is 4.92. The van der Waals surface area contributed by atoms with Gasteiger partial charge in [-0.2, -0.15) is 8.42 Å². The smallest absolute Gasteiger partial charge is 0.397 e. The third-order valence-electron chi connectivity index (χ3n) is 7.53. The molecule has 6 unspecified atom stereocenters. The van der Waals surface area contributed by atoms with E-state index in [1.807, 2.05) is 0 Å². The minimum Gasteiger partial charge on any atom is -0.457 e. The molecule has 0 aliphatic carbocycles. The number of carbonyl (C=O) groups is 1. The van der Waals surface area contributed by atoms with Crippen LogP contribution in [-0.4, -0.2) is 97.5 Å². The van der Waals surface area contributed by atoms with Crippen LogP contribution in [0.2, 0.25) is 0 Å². The molecule has 6 atom stereocenters. The Morgan fingerprint density at radius 1 is 0.830 bits per heavy atom. The van der Waals surface area contributed by atoms with Crippen molar-refractivity contribution in [1.82, 2.24) is 0 Å². The topological polar surface area (TPSA) is 178 Å². The molecule has 0 aromatic rings. The van der Waals surface area contributed by atoms with Gasteiger partial charge in [-0.15, -0.1) is 0 Å². The van der Waals surface area contributed by atoms with Crippen molar-refractivity contribution in [3.8, 4) is 0 Å². The van der Waals surface area contributed by atoms with E-state index >= 15 is 0 Å². The number of unbranched alkanes of at least 4 members (excludes halogenated alkanes) is 9. The third-order valence-corrected chi connectivity index (χ3v) is 7.99. The van der Waals surface area contributed by atoms with Crippen molar-refractivity contribution in [2.75, 3.05) is 26.4 Å². The van der Waals surface area contributed by atoms with Crippen LogP contribution >= 0.6 is 0 Å². The van der Waals surface area contributed by atoms with Gasteiger partial charge >= 0.3 is 16.4 Å². The lowest BCUT2D eigenvalue weighted by Gasteiger charge is -2.41. The molecule has 1 fully saturated rings. The Hall–Kier alpha value is -1.68. The average Bonchev–Trinajstić information content (AvgIpc) is 3.03. The van der Waals surface area contributed by atoms with Crippen LogP contribution in [0, 0.1) is 0 Å². The normalized spacial score (nSPS) is 22.9. The zero-order valence-corrected chi connectivity index (χ0v) is 29.1. The first kappa shape index (κ1) is 43.3. The van der Waals surface area contributed by atoms with Crippen molar-refractivity contribution in [2.24, 2.45) is 0 Å². The number of hydrogen-bond donors (Lipinski definition) is 4. The molecule has 1 aliphatic rings. The zero-order chi connectivity index (χ0) is 34.8. The van der Waals surface area contributed by atoms with Gasteiger partial charge in [-0.1, -0.05) is 95.2 Å². The van der Waals surface area contributed by atoms with Crippen LogP contribution < -0.4 is 0 Å². The Bertz CT molecular complexity index is 984. The highest BCUT2D eigenvalue weighted by Crippen LogP contribution is 2.26. The molecule has 0 aromatic heterocycles. The van der Waals surface area contributed by atoms with E-state index in [0.29, 0.717) is 13.0 Å². The van der Waals surface area contributed by atoms with E-state index in [1.165, 1.54) is 25.7 Å². The summed E-state index contributed by atoms with van der Waals surface area (Å²) in [5.74, 6) is -0.433. The largest absolute Gasteiger partial charge is 0.457 e. The highest BCUT2D eigenvalue weighted by atomic mass is 32.3. The summed E-state index contributed by atoms with van der Waals surface area (Å²) in [6.45, 7) is 3.74. The van der Waals surface area contributed by atoms with Gasteiger partial charge in [0.05, 0.1) is 19.8 Å². The number of carbonyl (C=O) groups excluding carboxylic acids is 1. The average molecular weight is 693 g/mol. The Balaban J connectivity index is 2.58. The third kappa shape index (κ3) is 21.8. The molecule has 1 rings (SSSR count). The van der Waals surface area contributed by atoms with Crippen molar-refractivity contribution in [3.63, 3.8) is 0 Å². The molecular weight excluding hydrogens is 632 g/mol. The molecule has 274 valence electrons. The summed E-state index contributed by atoms with van der Waals surface area (Å²) in [5, 5.41) is 30.4. The summed E-state index contributed by atoms with van der Waals surface area (Å²) in [6.07, 6.45) is 17.9. The predicted molar refractivity (Wildman–Crippen MR) is 179 cm³/mol. The highest BCUT2D eigenvalue weighted by molar-refractivity contribution is 7.80. The van der Waals surface area contributed by atoms with Crippen LogP contribution in [0.4, 0.5) is 0 Å². The van der Waals surface area contributed by atoms with Crippen LogP contribution in [0.1, 0.15) is 110 Å². The summed E-state index contributed by atoms with van der Waals surface area (Å²) in [4.78, 5) is 12.7. The van der Waals surface area contributed by atoms with Gasteiger partial charge in [0.25, 0.3) is 0 Å². The van der Waals surface area contributed by atoms with E-state index in [1.54, 1.807) is 0 Å². The van der Waals surface area contributed by atoms with Crippen molar-refractivity contribution < 1.29 is 56.2 Å². The van der Waals surface area contributed by atoms with Gasteiger partial charge in [0.15, 0.2) is 6.29 Å². The summed E-state index contributed by atoms with van der Waals surface area (Å²) in [5.41, 5.74) is 0. The summed E-state index contributed by atoms with van der Waals surface area (Å²) >= 11 is 0. The van der Waals surface area contributed by atoms with Gasteiger partial charge in [-0.05, 0) is 44.9 Å². The number of rotatable bonds is 28. The molecule has 0 spiro atoms. The molecule has 1 saturated heterocycles. The van der Waals surface area contributed by atoms with Crippen molar-refractivity contribution in [1.29, 1.82) is 0 Å². The molecule has 13 heteroatoms. The Labute approximate surface area is 282 Å². The molecule has 0 aromatic carbocycles. The Kier molecular flexibility index (Phi) is 25.1. The quantitative estimate of drug-likeness (QED) is 0.0369. The Morgan fingerprint density at radius 2 is 1.47 bits per heavy atom. The van der Waals surface area contributed by atoms with Crippen molar-refractivity contribution in [2.45, 2.75) is 147 Å². The summed E-state index contributed by atoms with van der Waals surface area (Å²) in [6, 6.07) is 0. The SMILES string of the molecule is CC/C=C\C/C=C\C/C=C\CCCCCC(=O)OC(COCCCCCCCCC)COC1OC(CO)C(O)C(OS(=O)(=O)O)C1O. The first-order valence-electron chi connectivity index (χ1n) is 17.2. The van der Waals surface area contributed by atoms with Gasteiger partial charge in [-0.25, -0.2) is 4.18 Å². The monoisotopic (exact) mass is 692 g/mol. The number of aliphatic hydroxyl groups excluding tert-OH is 3. The minimum absolute atomic E-state index is 0.0233. The number of aliphatic hydroxyl groups is 3. The van der Waals surface area contributed by atoms with Gasteiger partial charge in [0, 0.05) is 13.0 Å². The first-order chi connectivity index (χ1) is 22.6. The second kappa shape index (κ2) is 27.2. The molecule has 0 bridgehead atoms. The van der Waals surface area contributed by atoms with Gasteiger partial charge < -0.3 is 34.3 Å². The van der Waals surface area contributed by atoms with Gasteiger partial charge in [0.1, 0.15) is 30.5 Å². The highest BCUT2D eigenvalue weighted by Gasteiger charge is 2.48. The van der Waals surface area contributed by atoms with Crippen LogP contribution in [0.15, 0.2) is 36.5 Å². The fraction of sp³-hybridized carbons (Fsp3) is 0.794. The summed E-state index contributed by atoms with van der Waals surface area (Å²) in [7, 11) is -5.05. The lowest BCUT2D eigenvalue weighted by molar-refractivity contribution is -0.301. The van der Waals surface area contributed by atoms with Crippen LogP contribution in [0.5, 0.6) is 0 Å². The van der Waals surface area contributed by atoms with E-state index in [0.717, 1.165) is 57.8 Å². The molecule has 0 radical (unpaired) electrons. The minimum atomic E-state index is -5.05. The molecule has 1 heterocycles. The molecular formula is C34H60O12S. The number of ether oxygens (including phenoxy) is 4. The maximum Gasteiger partial charge on any atom is 0.397 e. The molecule has 1 aliphatic heterocycles. The van der Waals surface area contributed by atoms with E-state index in [4.69, 9.17) is 23.5 Å². The standard InChI is InChI=1S/C34H60O12S/c1-3-5-7-9-11-12-13-14-15-16-17-19-21-23-30(36)44-28(26-42-24-22-20-18-10-8-6-4-2)27-43-34-32(38)33(46-47(39,40)41)31(37)29(25-35)45-34/h5,7,11-12,14-15,28-29,31-35,37-38H,3-4,6,8-10,13,16-27H2,1-2H3,(H,39,40,41)/b7-5-,12-11-,15-14-. The fourth-order valence-corrected chi connectivity index (χ4v) is 5.43. The van der Waals surface area contributed by atoms with E-state index in [-0.39, 0.29) is 19.6 Å². The van der Waals surface area contributed by atoms with Crippen molar-refractivity contribution >= 4 is 16.4 Å². The number of hydrogen-bond acceptors (Lipinski definition) is 11. The number of esters is 1. The van der Waals surface area contributed by atoms with E-state index in [9.17, 15) is 28.5 Å². The summed E-state index contributed by atoms with van der Waals surface area (Å²) < 4.78 is 58.4. The maximum absolute atomic E-state index is 12.7. The lowest BCUT2D eigenvalue weighted by atomic mass is 9.99. The Morgan fingerprint density at radius 3 is 2.13 bits per heavy atom. The molecule has 0 amide bonds. The zero-order valence-electron chi connectivity index (χ0n) is 28.3. The second-order valence-corrected chi connectivity index (χ2v) is 12.8. The van der Waals surface area contributed by atoms with E-state index < -0.39 is 59.8 Å². The van der Waals surface area contributed by atoms with Crippen LogP contribution in [0.3, 0.4) is 0 Å². The van der Waals surface area contributed by atoms with Crippen molar-refractivity contribution in [3.05, 3.63) is 36.5 Å². The predicted octanol–water partition coefficient (Wildman–Crippen LogP) is 5.12. The molecule has 47 heavy (non-hydrogen) atoms. The number of allylic oxidation sites excluding steroid dienone is 6. The first-order valence-corrected chi connectivity index (χ1v) is 18.6. The van der Waals surface area contributed by atoms with Crippen LogP contribution in [0.25, 0.3) is 0 Å². The van der Waals surface area contributed by atoms with E-state index in [2.05, 4.69) is 54.5 Å². The molecule has 0 saturated carbocycles. The molecule has 12 nitrogen and oxygen atoms in total. The van der Waals surface area contributed by atoms with Crippen LogP contribution in [-0.2, 0) is 38.3 Å². The van der Waals surface area contributed by atoms with Gasteiger partial charge in [-0.3, -0.25) is 9.35 Å². The maximum atomic E-state index is 12.7.